The Morgan fingerprint density at radius 1 is 1.05 bits per heavy atom. The minimum absolute atomic E-state index is 0.128. The number of carbonyl (C=O) groups excluding carboxylic acids is 1. The quantitative estimate of drug-likeness (QED) is 0.723. The van der Waals surface area contributed by atoms with Crippen molar-refractivity contribution in [1.29, 1.82) is 0 Å². The number of carboxylic acid groups (broad SMARTS) is 1. The summed E-state index contributed by atoms with van der Waals surface area (Å²) in [5, 5.41) is 9.40. The molecule has 1 spiro atoms. The van der Waals surface area contributed by atoms with Gasteiger partial charge in [0.05, 0.1) is 31.3 Å². The largest absolute Gasteiger partial charge is 0.481 e. The SMILES string of the molecule is O=C(O)C1C2C=CC(O2)C1C(=O)N1CCC2(CC1)OCCO2. The van der Waals surface area contributed by atoms with Crippen molar-refractivity contribution in [3.05, 3.63) is 12.2 Å². The van der Waals surface area contributed by atoms with E-state index in [1.165, 1.54) is 0 Å². The number of nitrogens with zero attached hydrogens (tertiary/aromatic N) is 1. The lowest BCUT2D eigenvalue weighted by atomic mass is 9.81. The van der Waals surface area contributed by atoms with Crippen molar-refractivity contribution in [2.75, 3.05) is 26.3 Å². The summed E-state index contributed by atoms with van der Waals surface area (Å²) in [7, 11) is 0. The molecule has 0 aromatic rings. The molecular formula is C15H19NO6. The summed E-state index contributed by atoms with van der Waals surface area (Å²) in [4.78, 5) is 26.0. The first-order valence-corrected chi connectivity index (χ1v) is 7.73. The van der Waals surface area contributed by atoms with Gasteiger partial charge in [-0.3, -0.25) is 9.59 Å². The molecule has 4 atom stereocenters. The molecule has 4 aliphatic rings. The first-order chi connectivity index (χ1) is 10.6. The molecule has 7 heteroatoms. The van der Waals surface area contributed by atoms with Crippen LogP contribution in [0.3, 0.4) is 0 Å². The zero-order chi connectivity index (χ0) is 15.3. The Balaban J connectivity index is 1.46. The van der Waals surface area contributed by atoms with Crippen LogP contribution in [0.1, 0.15) is 12.8 Å². The number of amides is 1. The van der Waals surface area contributed by atoms with Crippen molar-refractivity contribution in [2.24, 2.45) is 11.8 Å². The minimum Gasteiger partial charge on any atom is -0.481 e. The van der Waals surface area contributed by atoms with E-state index in [1.54, 1.807) is 17.1 Å². The van der Waals surface area contributed by atoms with E-state index in [0.717, 1.165) is 0 Å². The monoisotopic (exact) mass is 309 g/mol. The fourth-order valence-electron chi connectivity index (χ4n) is 3.96. The number of rotatable bonds is 2. The summed E-state index contributed by atoms with van der Waals surface area (Å²) < 4.78 is 16.9. The lowest BCUT2D eigenvalue weighted by Gasteiger charge is -2.39. The van der Waals surface area contributed by atoms with Crippen LogP contribution >= 0.6 is 0 Å². The number of aliphatic carboxylic acids is 1. The van der Waals surface area contributed by atoms with Gasteiger partial charge in [-0.05, 0) is 0 Å². The smallest absolute Gasteiger partial charge is 0.310 e. The Kier molecular flexibility index (Phi) is 3.25. The van der Waals surface area contributed by atoms with E-state index in [2.05, 4.69) is 0 Å². The highest BCUT2D eigenvalue weighted by molar-refractivity contribution is 5.87. The molecule has 4 aliphatic heterocycles. The van der Waals surface area contributed by atoms with Gasteiger partial charge in [0.2, 0.25) is 5.91 Å². The molecule has 0 aromatic carbocycles. The molecule has 120 valence electrons. The van der Waals surface area contributed by atoms with Gasteiger partial charge in [-0.25, -0.2) is 0 Å². The van der Waals surface area contributed by atoms with Crippen molar-refractivity contribution >= 4 is 11.9 Å². The fraction of sp³-hybridized carbons (Fsp3) is 0.733. The van der Waals surface area contributed by atoms with Crippen LogP contribution in [0.15, 0.2) is 12.2 Å². The highest BCUT2D eigenvalue weighted by Gasteiger charge is 2.54. The highest BCUT2D eigenvalue weighted by Crippen LogP contribution is 2.41. The summed E-state index contributed by atoms with van der Waals surface area (Å²) in [5.41, 5.74) is 0. The lowest BCUT2D eigenvalue weighted by molar-refractivity contribution is -0.189. The van der Waals surface area contributed by atoms with Crippen LogP contribution in [0.2, 0.25) is 0 Å². The molecule has 0 saturated carbocycles. The van der Waals surface area contributed by atoms with Crippen LogP contribution < -0.4 is 0 Å². The van der Waals surface area contributed by atoms with Gasteiger partial charge in [-0.15, -0.1) is 0 Å². The summed E-state index contributed by atoms with van der Waals surface area (Å²) in [6.07, 6.45) is 3.93. The molecule has 4 heterocycles. The number of fused-ring (bicyclic) bond motifs is 2. The highest BCUT2D eigenvalue weighted by atomic mass is 16.7. The fourth-order valence-corrected chi connectivity index (χ4v) is 3.96. The van der Waals surface area contributed by atoms with Crippen LogP contribution in [0.4, 0.5) is 0 Å². The predicted molar refractivity (Wildman–Crippen MR) is 72.9 cm³/mol. The van der Waals surface area contributed by atoms with E-state index in [9.17, 15) is 14.7 Å². The number of carbonyl (C=O) groups is 2. The third-order valence-corrected chi connectivity index (χ3v) is 5.12. The zero-order valence-corrected chi connectivity index (χ0v) is 12.1. The van der Waals surface area contributed by atoms with Gasteiger partial charge < -0.3 is 24.2 Å². The Morgan fingerprint density at radius 3 is 2.23 bits per heavy atom. The molecule has 3 fully saturated rings. The first kappa shape index (κ1) is 14.2. The van der Waals surface area contributed by atoms with Crippen molar-refractivity contribution in [1.82, 2.24) is 4.90 Å². The third-order valence-electron chi connectivity index (χ3n) is 5.12. The van der Waals surface area contributed by atoms with Crippen LogP contribution in [0.25, 0.3) is 0 Å². The molecule has 4 rings (SSSR count). The topological polar surface area (TPSA) is 85.3 Å². The van der Waals surface area contributed by atoms with Gasteiger partial charge in [0.15, 0.2) is 5.79 Å². The van der Waals surface area contributed by atoms with Gasteiger partial charge in [0, 0.05) is 25.9 Å². The van der Waals surface area contributed by atoms with Crippen molar-refractivity contribution in [2.45, 2.75) is 30.8 Å². The molecule has 22 heavy (non-hydrogen) atoms. The van der Waals surface area contributed by atoms with Gasteiger partial charge in [-0.1, -0.05) is 12.2 Å². The molecule has 4 unspecified atom stereocenters. The number of hydrogen-bond donors (Lipinski definition) is 1. The maximum absolute atomic E-state index is 12.8. The molecule has 0 radical (unpaired) electrons. The summed E-state index contributed by atoms with van der Waals surface area (Å²) in [6, 6.07) is 0. The van der Waals surface area contributed by atoms with E-state index in [-0.39, 0.29) is 5.91 Å². The van der Waals surface area contributed by atoms with Crippen molar-refractivity contribution in [3.8, 4) is 0 Å². The van der Waals surface area contributed by atoms with Gasteiger partial charge >= 0.3 is 5.97 Å². The molecule has 1 amide bonds. The summed E-state index contributed by atoms with van der Waals surface area (Å²) in [6.45, 7) is 2.26. The Morgan fingerprint density at radius 2 is 1.64 bits per heavy atom. The standard InChI is InChI=1S/C15H19NO6/c17-13(11-9-1-2-10(22-9)12(11)14(18)19)16-5-3-15(4-6-16)20-7-8-21-15/h1-2,9-12H,3-8H2,(H,18,19). The Bertz CT molecular complexity index is 516. The van der Waals surface area contributed by atoms with E-state index in [4.69, 9.17) is 14.2 Å². The molecule has 3 saturated heterocycles. The van der Waals surface area contributed by atoms with Crippen molar-refractivity contribution < 1.29 is 28.9 Å². The molecule has 7 nitrogen and oxygen atoms in total. The van der Waals surface area contributed by atoms with Crippen molar-refractivity contribution in [3.63, 3.8) is 0 Å². The molecule has 2 bridgehead atoms. The summed E-state index contributed by atoms with van der Waals surface area (Å²) in [5.74, 6) is -3.03. The second kappa shape index (κ2) is 5.04. The van der Waals surface area contributed by atoms with Crippen LogP contribution in [-0.4, -0.2) is 66.2 Å². The average Bonchev–Trinajstić information content (AvgIpc) is 3.22. The number of ether oxygens (including phenoxy) is 3. The molecule has 0 aromatic heterocycles. The van der Waals surface area contributed by atoms with E-state index < -0.39 is 35.8 Å². The van der Waals surface area contributed by atoms with Crippen LogP contribution in [0.5, 0.6) is 0 Å². The van der Waals surface area contributed by atoms with E-state index in [1.807, 2.05) is 0 Å². The minimum atomic E-state index is -0.967. The lowest BCUT2D eigenvalue weighted by Crippen LogP contribution is -2.51. The predicted octanol–water partition coefficient (Wildman–Crippen LogP) is 0.00610. The normalized spacial score (nSPS) is 38.8. The Hall–Kier alpha value is -1.44. The number of piperidine rings is 1. The third kappa shape index (κ3) is 2.07. The molecule has 0 aliphatic carbocycles. The maximum atomic E-state index is 12.8. The summed E-state index contributed by atoms with van der Waals surface area (Å²) >= 11 is 0. The van der Waals surface area contributed by atoms with Gasteiger partial charge in [0.1, 0.15) is 5.92 Å². The zero-order valence-electron chi connectivity index (χ0n) is 12.1. The first-order valence-electron chi connectivity index (χ1n) is 7.73. The van der Waals surface area contributed by atoms with Gasteiger partial charge in [0.25, 0.3) is 0 Å². The molecular weight excluding hydrogens is 290 g/mol. The average molecular weight is 309 g/mol. The van der Waals surface area contributed by atoms with E-state index in [0.29, 0.717) is 39.1 Å². The Labute approximate surface area is 127 Å². The number of hydrogen-bond acceptors (Lipinski definition) is 5. The van der Waals surface area contributed by atoms with E-state index >= 15 is 0 Å². The van der Waals surface area contributed by atoms with Crippen LogP contribution in [0, 0.1) is 11.8 Å². The van der Waals surface area contributed by atoms with Crippen LogP contribution in [-0.2, 0) is 23.8 Å². The maximum Gasteiger partial charge on any atom is 0.310 e. The molecule has 1 N–H and O–H groups in total. The number of likely N-dealkylation sites (tertiary alicyclic amines) is 1. The second-order valence-corrected chi connectivity index (χ2v) is 6.27. The number of carboxylic acids is 1. The van der Waals surface area contributed by atoms with Gasteiger partial charge in [-0.2, -0.15) is 0 Å². The second-order valence-electron chi connectivity index (χ2n) is 6.27.